The highest BCUT2D eigenvalue weighted by Gasteiger charge is 2.26. The molecule has 1 aromatic rings. The molecule has 3 nitrogen and oxygen atoms in total. The Labute approximate surface area is 118 Å². The van der Waals surface area contributed by atoms with Crippen molar-refractivity contribution in [3.8, 4) is 0 Å². The molecule has 1 aliphatic heterocycles. The van der Waals surface area contributed by atoms with Crippen molar-refractivity contribution in [2.75, 3.05) is 31.1 Å². The van der Waals surface area contributed by atoms with E-state index in [9.17, 15) is 13.6 Å². The molecule has 0 saturated carbocycles. The number of alkyl halides is 2. The van der Waals surface area contributed by atoms with Gasteiger partial charge >= 0.3 is 0 Å². The van der Waals surface area contributed by atoms with Gasteiger partial charge in [-0.05, 0) is 19.1 Å². The van der Waals surface area contributed by atoms with Crippen LogP contribution in [0.2, 0.25) is 0 Å². The van der Waals surface area contributed by atoms with Crippen LogP contribution >= 0.6 is 0 Å². The van der Waals surface area contributed by atoms with Crippen molar-refractivity contribution in [3.63, 3.8) is 0 Å². The lowest BCUT2D eigenvalue weighted by Crippen LogP contribution is -2.48. The highest BCUT2D eigenvalue weighted by atomic mass is 19.3. The van der Waals surface area contributed by atoms with E-state index in [1.165, 1.54) is 0 Å². The maximum absolute atomic E-state index is 12.8. The van der Waals surface area contributed by atoms with Gasteiger partial charge in [-0.3, -0.25) is 4.79 Å². The smallest absolute Gasteiger partial charge is 0.245 e. The zero-order valence-corrected chi connectivity index (χ0v) is 11.7. The summed E-state index contributed by atoms with van der Waals surface area (Å²) in [4.78, 5) is 15.8. The molecule has 1 heterocycles. The lowest BCUT2D eigenvalue weighted by atomic mass is 10.1. The van der Waals surface area contributed by atoms with E-state index in [-0.39, 0.29) is 18.7 Å². The minimum atomic E-state index is -2.76. The summed E-state index contributed by atoms with van der Waals surface area (Å²) in [5.41, 5.74) is 1.14. The number of carbonyl (C=O) groups excluding carboxylic acids is 1. The minimum absolute atomic E-state index is 0.0746. The number of para-hydroxylation sites is 1. The normalized spacial score (nSPS) is 16.4. The number of piperazine rings is 1. The van der Waals surface area contributed by atoms with Crippen molar-refractivity contribution in [2.24, 2.45) is 0 Å². The third-order valence-corrected chi connectivity index (χ3v) is 3.53. The number of hydrogen-bond acceptors (Lipinski definition) is 2. The topological polar surface area (TPSA) is 23.6 Å². The molecule has 0 atom stereocenters. The summed E-state index contributed by atoms with van der Waals surface area (Å²) >= 11 is 0. The van der Waals surface area contributed by atoms with Crippen LogP contribution in [-0.2, 0) is 4.79 Å². The Bertz CT molecular complexity index is 437. The molecule has 0 radical (unpaired) electrons. The number of rotatable bonds is 4. The van der Waals surface area contributed by atoms with Crippen molar-refractivity contribution in [2.45, 2.75) is 25.7 Å². The highest BCUT2D eigenvalue weighted by Crippen LogP contribution is 2.20. The lowest BCUT2D eigenvalue weighted by molar-refractivity contribution is -0.133. The number of halogens is 2. The Morgan fingerprint density at radius 2 is 1.75 bits per heavy atom. The molecule has 110 valence electrons. The van der Waals surface area contributed by atoms with Crippen LogP contribution in [0.1, 0.15) is 19.8 Å². The largest absolute Gasteiger partial charge is 0.368 e. The van der Waals surface area contributed by atoms with Crippen molar-refractivity contribution < 1.29 is 13.6 Å². The summed E-state index contributed by atoms with van der Waals surface area (Å²) < 4.78 is 25.5. The zero-order valence-electron chi connectivity index (χ0n) is 11.7. The van der Waals surface area contributed by atoms with Gasteiger partial charge < -0.3 is 9.80 Å². The van der Waals surface area contributed by atoms with E-state index in [1.54, 1.807) is 4.90 Å². The second-order valence-corrected chi connectivity index (χ2v) is 5.27. The number of benzene rings is 1. The molecule has 0 aliphatic carbocycles. The Hall–Kier alpha value is -1.65. The molecular formula is C15H20F2N2O. The average molecular weight is 282 g/mol. The van der Waals surface area contributed by atoms with Crippen LogP contribution in [0.15, 0.2) is 30.3 Å². The Morgan fingerprint density at radius 3 is 2.30 bits per heavy atom. The molecule has 1 fully saturated rings. The summed E-state index contributed by atoms with van der Waals surface area (Å²) in [6, 6.07) is 10.0. The molecule has 0 spiro atoms. The predicted octanol–water partition coefficient (Wildman–Crippen LogP) is 2.77. The van der Waals surface area contributed by atoms with Crippen LogP contribution in [0, 0.1) is 0 Å². The van der Waals surface area contributed by atoms with Crippen molar-refractivity contribution in [3.05, 3.63) is 30.3 Å². The molecule has 5 heteroatoms. The summed E-state index contributed by atoms with van der Waals surface area (Å²) in [6.45, 7) is 3.55. The highest BCUT2D eigenvalue weighted by molar-refractivity contribution is 5.76. The average Bonchev–Trinajstić information content (AvgIpc) is 2.45. The third-order valence-electron chi connectivity index (χ3n) is 3.53. The number of hydrogen-bond donors (Lipinski definition) is 0. The number of nitrogens with zero attached hydrogens (tertiary/aromatic N) is 2. The van der Waals surface area contributed by atoms with Gasteiger partial charge in [0.05, 0.1) is 0 Å². The molecule has 0 bridgehead atoms. The molecule has 0 N–H and O–H groups in total. The summed E-state index contributed by atoms with van der Waals surface area (Å²) in [5, 5.41) is 0. The Balaban J connectivity index is 1.81. The maximum Gasteiger partial charge on any atom is 0.245 e. The van der Waals surface area contributed by atoms with Gasteiger partial charge in [0.1, 0.15) is 0 Å². The van der Waals surface area contributed by atoms with Gasteiger partial charge in [0.2, 0.25) is 11.8 Å². The van der Waals surface area contributed by atoms with Crippen molar-refractivity contribution in [1.29, 1.82) is 0 Å². The Kier molecular flexibility index (Phi) is 4.57. The van der Waals surface area contributed by atoms with Gasteiger partial charge in [0.25, 0.3) is 0 Å². The molecule has 1 aromatic carbocycles. The fourth-order valence-electron chi connectivity index (χ4n) is 2.34. The Morgan fingerprint density at radius 1 is 1.15 bits per heavy atom. The number of carbonyl (C=O) groups is 1. The quantitative estimate of drug-likeness (QED) is 0.848. The molecule has 0 unspecified atom stereocenters. The first kappa shape index (κ1) is 14.8. The molecular weight excluding hydrogens is 262 g/mol. The van der Waals surface area contributed by atoms with Crippen LogP contribution in [0.4, 0.5) is 14.5 Å². The van der Waals surface area contributed by atoms with Crippen LogP contribution in [-0.4, -0.2) is 42.9 Å². The summed E-state index contributed by atoms with van der Waals surface area (Å²) in [7, 11) is 0. The number of amides is 1. The zero-order chi connectivity index (χ0) is 14.6. The first-order valence-electron chi connectivity index (χ1n) is 6.91. The maximum atomic E-state index is 12.8. The second-order valence-electron chi connectivity index (χ2n) is 5.27. The SMILES string of the molecule is CC(F)(F)CCC(=O)N1CCN(c2ccccc2)CC1. The lowest BCUT2D eigenvalue weighted by Gasteiger charge is -2.36. The van der Waals surface area contributed by atoms with Crippen molar-refractivity contribution >= 4 is 11.6 Å². The van der Waals surface area contributed by atoms with Gasteiger partial charge in [-0.25, -0.2) is 8.78 Å². The molecule has 20 heavy (non-hydrogen) atoms. The molecule has 1 amide bonds. The molecule has 1 aliphatic rings. The standard InChI is InChI=1S/C15H20F2N2O/c1-15(16,17)8-7-14(20)19-11-9-18(10-12-19)13-5-3-2-4-6-13/h2-6H,7-12H2,1H3. The van der Waals surface area contributed by atoms with E-state index in [4.69, 9.17) is 0 Å². The van der Waals surface area contributed by atoms with E-state index in [0.717, 1.165) is 25.7 Å². The van der Waals surface area contributed by atoms with E-state index in [2.05, 4.69) is 4.90 Å². The fraction of sp³-hybridized carbons (Fsp3) is 0.533. The molecule has 2 rings (SSSR count). The van der Waals surface area contributed by atoms with Gasteiger partial charge in [-0.1, -0.05) is 18.2 Å². The summed E-state index contributed by atoms with van der Waals surface area (Å²) in [6.07, 6.45) is -0.445. The van der Waals surface area contributed by atoms with E-state index >= 15 is 0 Å². The number of anilines is 1. The first-order valence-corrected chi connectivity index (χ1v) is 6.91. The second kappa shape index (κ2) is 6.20. The summed E-state index contributed by atoms with van der Waals surface area (Å²) in [5.74, 6) is -2.93. The van der Waals surface area contributed by atoms with Crippen molar-refractivity contribution in [1.82, 2.24) is 4.90 Å². The molecule has 0 aromatic heterocycles. The minimum Gasteiger partial charge on any atom is -0.368 e. The van der Waals surface area contributed by atoms with E-state index in [0.29, 0.717) is 13.1 Å². The van der Waals surface area contributed by atoms with Crippen LogP contribution in [0.25, 0.3) is 0 Å². The fourth-order valence-corrected chi connectivity index (χ4v) is 2.34. The van der Waals surface area contributed by atoms with E-state index in [1.807, 2.05) is 30.3 Å². The van der Waals surface area contributed by atoms with Crippen LogP contribution in [0.3, 0.4) is 0 Å². The third kappa shape index (κ3) is 4.18. The van der Waals surface area contributed by atoms with Crippen LogP contribution in [0.5, 0.6) is 0 Å². The monoisotopic (exact) mass is 282 g/mol. The van der Waals surface area contributed by atoms with Crippen LogP contribution < -0.4 is 4.90 Å². The van der Waals surface area contributed by atoms with Gasteiger partial charge in [-0.15, -0.1) is 0 Å². The molecule has 1 saturated heterocycles. The predicted molar refractivity (Wildman–Crippen MR) is 75.1 cm³/mol. The van der Waals surface area contributed by atoms with Gasteiger partial charge in [-0.2, -0.15) is 0 Å². The van der Waals surface area contributed by atoms with E-state index < -0.39 is 5.92 Å². The van der Waals surface area contributed by atoms with Gasteiger partial charge in [0, 0.05) is 44.7 Å². The van der Waals surface area contributed by atoms with Gasteiger partial charge in [0.15, 0.2) is 0 Å². The first-order chi connectivity index (χ1) is 9.46.